The van der Waals surface area contributed by atoms with Crippen LogP contribution in [0.1, 0.15) is 55.4 Å². The van der Waals surface area contributed by atoms with Gasteiger partial charge in [0.15, 0.2) is 0 Å². The molecule has 0 aromatic carbocycles. The number of primary sulfonamides is 1. The van der Waals surface area contributed by atoms with E-state index in [1.165, 1.54) is 0 Å². The van der Waals surface area contributed by atoms with E-state index in [2.05, 4.69) is 15.8 Å². The van der Waals surface area contributed by atoms with Crippen molar-refractivity contribution >= 4 is 55.0 Å². The normalized spacial score (nSPS) is 6.67. The minimum absolute atomic E-state index is 0. The highest BCUT2D eigenvalue weighted by Gasteiger charge is 1.83. The first kappa shape index (κ1) is 58.0. The molecule has 129 valence electrons. The third-order valence-electron chi connectivity index (χ3n) is 0. The van der Waals surface area contributed by atoms with E-state index in [1.54, 1.807) is 0 Å². The molecule has 5 nitrogen and oxygen atoms in total. The van der Waals surface area contributed by atoms with Gasteiger partial charge in [0.1, 0.15) is 0 Å². The predicted molar refractivity (Wildman–Crippen MR) is 102 cm³/mol. The van der Waals surface area contributed by atoms with E-state index in [1.807, 2.05) is 55.4 Å². The van der Waals surface area contributed by atoms with Gasteiger partial charge in [-0.3, -0.25) is 0 Å². The van der Waals surface area contributed by atoms with E-state index in [0.717, 1.165) is 12.5 Å². The van der Waals surface area contributed by atoms with Crippen molar-refractivity contribution in [1.82, 2.24) is 0 Å². The first-order valence-electron chi connectivity index (χ1n) is 5.87. The molecule has 0 heterocycles. The highest BCUT2D eigenvalue weighted by molar-refractivity contribution is 8.13. The number of rotatable bonds is 0. The van der Waals surface area contributed by atoms with Crippen molar-refractivity contribution in [2.75, 3.05) is 12.5 Å². The van der Waals surface area contributed by atoms with Crippen molar-refractivity contribution in [3.8, 4) is 0 Å². The molecule has 0 rings (SSSR count). The quantitative estimate of drug-likeness (QED) is 0.527. The molecule has 0 aromatic rings. The molecule has 0 unspecified atom stereocenters. The Morgan fingerprint density at radius 1 is 0.619 bits per heavy atom. The molecule has 0 spiro atoms. The van der Waals surface area contributed by atoms with Crippen molar-refractivity contribution in [3.63, 3.8) is 0 Å². The van der Waals surface area contributed by atoms with Crippen LogP contribution in [0.5, 0.6) is 0 Å². The Balaban J connectivity index is -0.0000000122. The average molecular weight is 362 g/mol. The zero-order valence-electron chi connectivity index (χ0n) is 15.1. The van der Waals surface area contributed by atoms with Gasteiger partial charge in [0, 0.05) is 35.9 Å². The number of sulfonamides is 1. The van der Waals surface area contributed by atoms with Crippen molar-refractivity contribution in [1.29, 1.82) is 0 Å². The third kappa shape index (κ3) is 57600. The van der Waals surface area contributed by atoms with Crippen LogP contribution in [0.2, 0.25) is 0 Å². The van der Waals surface area contributed by atoms with Crippen LogP contribution in [0.25, 0.3) is 0 Å². The Bertz CT molecular complexity index is 241. The molecule has 11 heteroatoms. The van der Waals surface area contributed by atoms with Gasteiger partial charge < -0.3 is 0 Å². The van der Waals surface area contributed by atoms with Gasteiger partial charge in [-0.25, -0.2) is 22.0 Å². The van der Waals surface area contributed by atoms with Gasteiger partial charge in [-0.05, 0) is 0 Å². The first-order valence-corrected chi connectivity index (χ1v) is 10.5. The molecule has 0 atom stereocenters. The van der Waals surface area contributed by atoms with Gasteiger partial charge in [0.2, 0.25) is 19.1 Å². The van der Waals surface area contributed by atoms with Gasteiger partial charge >= 0.3 is 0 Å². The molecule has 0 aromatic heterocycles. The predicted octanol–water partition coefficient (Wildman–Crippen LogP) is 2.05. The maximum Gasteiger partial charge on any atom is 0.229 e. The summed E-state index contributed by atoms with van der Waals surface area (Å²) in [6.45, 7) is 16.0. The largest absolute Gasteiger partial charge is 0.229 e. The SMILES string of the molecule is CC.CC.CC.CC.CS(=O)(=O)Cl.CS(N)(=O)=O.[B].[B].[B]. The topological polar surface area (TPSA) is 94.3 Å². The molecule has 0 aliphatic heterocycles. The number of nitrogens with two attached hydrogens (primary N) is 1. The van der Waals surface area contributed by atoms with Crippen molar-refractivity contribution in [2.45, 2.75) is 55.4 Å². The Hall–Kier alpha value is 0.345. The Morgan fingerprint density at radius 2 is 0.619 bits per heavy atom. The monoisotopic (exact) mass is 362 g/mol. The van der Waals surface area contributed by atoms with E-state index >= 15 is 0 Å². The molecule has 21 heavy (non-hydrogen) atoms. The Kier molecular flexibility index (Phi) is 138. The zero-order chi connectivity index (χ0) is 17.0. The summed E-state index contributed by atoms with van der Waals surface area (Å²) in [6.07, 6.45) is 1.86. The summed E-state index contributed by atoms with van der Waals surface area (Å²) in [5.74, 6) is 0. The zero-order valence-corrected chi connectivity index (χ0v) is 17.5. The summed E-state index contributed by atoms with van der Waals surface area (Å²) in [5.41, 5.74) is 0. The lowest BCUT2D eigenvalue weighted by Crippen LogP contribution is -2.07. The lowest BCUT2D eigenvalue weighted by atomic mass is 10.8. The van der Waals surface area contributed by atoms with Gasteiger partial charge in [-0.2, -0.15) is 0 Å². The van der Waals surface area contributed by atoms with E-state index in [4.69, 9.17) is 0 Å². The van der Waals surface area contributed by atoms with Crippen LogP contribution in [0, 0.1) is 0 Å². The molecule has 9 radical (unpaired) electrons. The van der Waals surface area contributed by atoms with Gasteiger partial charge in [0.25, 0.3) is 0 Å². The van der Waals surface area contributed by atoms with Crippen LogP contribution in [-0.2, 0) is 19.1 Å². The van der Waals surface area contributed by atoms with E-state index < -0.39 is 19.1 Å². The van der Waals surface area contributed by atoms with E-state index in [0.29, 0.717) is 0 Å². The molecular weight excluding hydrogens is 330 g/mol. The molecule has 0 aliphatic rings. The molecule has 0 bridgehead atoms. The molecule has 0 saturated heterocycles. The summed E-state index contributed by atoms with van der Waals surface area (Å²) in [5, 5.41) is 4.33. The number of hydrogen-bond donors (Lipinski definition) is 1. The number of hydrogen-bond acceptors (Lipinski definition) is 4. The molecular formula is C10H32B3ClNO4S2. The van der Waals surface area contributed by atoms with Crippen LogP contribution in [0.3, 0.4) is 0 Å². The standard InChI is InChI=1S/4C2H6.CH3ClO2S.CH5NO2S.3B/c4*1-2;2*1-5(2,3)4;;;/h4*1-2H3;1H3;1H3,(H2,2,3,4);;;. The lowest BCUT2D eigenvalue weighted by molar-refractivity contribution is 0.603. The molecule has 0 aliphatic carbocycles. The second-order valence-corrected chi connectivity index (χ2v) is 6.22. The highest BCUT2D eigenvalue weighted by atomic mass is 35.7. The average Bonchev–Trinajstić information content (AvgIpc) is 2.24. The summed E-state index contributed by atoms with van der Waals surface area (Å²) >= 11 is 0. The lowest BCUT2D eigenvalue weighted by Gasteiger charge is -1.71. The van der Waals surface area contributed by atoms with Crippen LogP contribution in [0.15, 0.2) is 0 Å². The first-order chi connectivity index (χ1) is 8.00. The Morgan fingerprint density at radius 3 is 0.619 bits per heavy atom. The number of halogens is 1. The summed E-state index contributed by atoms with van der Waals surface area (Å²) in [7, 11) is -1.86. The van der Waals surface area contributed by atoms with Crippen molar-refractivity contribution in [3.05, 3.63) is 0 Å². The maximum atomic E-state index is 9.41. The molecule has 2 N–H and O–H groups in total. The molecule has 0 amide bonds. The highest BCUT2D eigenvalue weighted by Crippen LogP contribution is 1.83. The molecule has 0 saturated carbocycles. The van der Waals surface area contributed by atoms with Crippen molar-refractivity contribution in [2.24, 2.45) is 5.14 Å². The second-order valence-electron chi connectivity index (χ2n) is 1.51. The summed E-state index contributed by atoms with van der Waals surface area (Å²) < 4.78 is 37.6. The maximum absolute atomic E-state index is 9.41. The van der Waals surface area contributed by atoms with Crippen LogP contribution < -0.4 is 5.14 Å². The summed E-state index contributed by atoms with van der Waals surface area (Å²) in [6, 6.07) is 0. The van der Waals surface area contributed by atoms with Crippen LogP contribution in [-0.4, -0.2) is 54.6 Å². The van der Waals surface area contributed by atoms with Crippen LogP contribution >= 0.6 is 10.7 Å². The fourth-order valence-electron chi connectivity index (χ4n) is 0. The third-order valence-corrected chi connectivity index (χ3v) is 0. The van der Waals surface area contributed by atoms with Gasteiger partial charge in [-0.15, -0.1) is 0 Å². The van der Waals surface area contributed by atoms with E-state index in [9.17, 15) is 16.8 Å². The van der Waals surface area contributed by atoms with Crippen molar-refractivity contribution < 1.29 is 16.8 Å². The minimum atomic E-state index is -3.19. The minimum Gasteiger partial charge on any atom is -0.229 e. The smallest absolute Gasteiger partial charge is 0.229 e. The van der Waals surface area contributed by atoms with Crippen LogP contribution in [0.4, 0.5) is 0 Å². The fourth-order valence-corrected chi connectivity index (χ4v) is 0. The fraction of sp³-hybridized carbons (Fsp3) is 1.00. The van der Waals surface area contributed by atoms with E-state index in [-0.39, 0.29) is 25.2 Å². The second kappa shape index (κ2) is 50.0. The van der Waals surface area contributed by atoms with Gasteiger partial charge in [-0.1, -0.05) is 55.4 Å². The Labute approximate surface area is 145 Å². The molecule has 0 fully saturated rings. The summed E-state index contributed by atoms with van der Waals surface area (Å²) in [4.78, 5) is 0. The van der Waals surface area contributed by atoms with Gasteiger partial charge in [0.05, 0.1) is 12.5 Å².